The number of thiophene rings is 1. The lowest BCUT2D eigenvalue weighted by atomic mass is 9.54. The van der Waals surface area contributed by atoms with Crippen LogP contribution >= 0.6 is 11.3 Å². The van der Waals surface area contributed by atoms with E-state index in [2.05, 4.69) is 31.2 Å². The third-order valence-corrected chi connectivity index (χ3v) is 7.81. The molecule has 4 aliphatic rings. The number of esters is 1. The third-order valence-electron chi connectivity index (χ3n) is 6.55. The van der Waals surface area contributed by atoms with Gasteiger partial charge in [-0.3, -0.25) is 4.79 Å². The van der Waals surface area contributed by atoms with Gasteiger partial charge in [-0.1, -0.05) is 31.5 Å². The lowest BCUT2D eigenvalue weighted by Gasteiger charge is -2.53. The van der Waals surface area contributed by atoms with E-state index in [-0.39, 0.29) is 12.1 Å². The van der Waals surface area contributed by atoms with E-state index in [1.54, 1.807) is 7.11 Å². The van der Waals surface area contributed by atoms with Gasteiger partial charge in [0, 0.05) is 11.1 Å². The number of unbranched alkanes of at least 4 members (excludes halogenated alkanes) is 1. The van der Waals surface area contributed by atoms with Crippen molar-refractivity contribution in [1.82, 2.24) is 0 Å². The number of carbonyl (C=O) groups is 1. The molecule has 1 aromatic carbocycles. The van der Waals surface area contributed by atoms with E-state index in [1.165, 1.54) is 26.1 Å². The zero-order valence-corrected chi connectivity index (χ0v) is 16.2. The Balaban J connectivity index is 1.85. The van der Waals surface area contributed by atoms with E-state index >= 15 is 0 Å². The molecule has 1 fully saturated rings. The number of rotatable bonds is 4. The monoisotopic (exact) mass is 368 g/mol. The number of ether oxygens (including phenoxy) is 2. The first-order chi connectivity index (χ1) is 12.7. The average molecular weight is 368 g/mol. The number of hydrogen-bond donors (Lipinski definition) is 0. The van der Waals surface area contributed by atoms with Crippen LogP contribution in [-0.2, 0) is 19.7 Å². The summed E-state index contributed by atoms with van der Waals surface area (Å²) >= 11 is 1.81. The van der Waals surface area contributed by atoms with Crippen LogP contribution in [0, 0.1) is 5.92 Å². The number of methoxy groups -OCH3 is 1. The molecule has 6 rings (SSSR count). The second-order valence-electron chi connectivity index (χ2n) is 7.72. The van der Waals surface area contributed by atoms with Gasteiger partial charge in [-0.15, -0.1) is 11.3 Å². The van der Waals surface area contributed by atoms with E-state index in [9.17, 15) is 4.79 Å². The minimum Gasteiger partial charge on any atom is -0.501 e. The van der Waals surface area contributed by atoms with Crippen molar-refractivity contribution in [3.05, 3.63) is 46.0 Å². The normalized spacial score (nSPS) is 29.5. The summed E-state index contributed by atoms with van der Waals surface area (Å²) in [6, 6.07) is 8.52. The first kappa shape index (κ1) is 16.4. The van der Waals surface area contributed by atoms with Gasteiger partial charge >= 0.3 is 5.97 Å². The molecule has 3 atom stereocenters. The van der Waals surface area contributed by atoms with Gasteiger partial charge in [0.15, 0.2) is 0 Å². The minimum atomic E-state index is -0.623. The Labute approximate surface area is 158 Å². The summed E-state index contributed by atoms with van der Waals surface area (Å²) in [5.41, 5.74) is 1.82. The standard InChI is InChI=1S/C22H24O3S/c1-3-4-8-15-16(24-2)11-10-13-12-17-20-19(22(13,15)21(23)25-17)14-7-5-6-9-18(14)26-20/h5-7,9,13,17H,3-4,8,10-12H2,1-2H3/t13-,17-,22-/m1/s1. The molecule has 1 spiro atoms. The summed E-state index contributed by atoms with van der Waals surface area (Å²) in [5, 5.41) is 1.24. The van der Waals surface area contributed by atoms with E-state index in [1.807, 2.05) is 11.3 Å². The second kappa shape index (κ2) is 5.85. The van der Waals surface area contributed by atoms with E-state index < -0.39 is 5.41 Å². The number of hydrogen-bond acceptors (Lipinski definition) is 4. The van der Waals surface area contributed by atoms with Gasteiger partial charge in [-0.25, -0.2) is 0 Å². The van der Waals surface area contributed by atoms with Crippen molar-refractivity contribution in [3.63, 3.8) is 0 Å². The molecule has 26 heavy (non-hydrogen) atoms. The molecule has 2 aliphatic heterocycles. The Bertz CT molecular complexity index is 925. The quantitative estimate of drug-likeness (QED) is 0.655. The molecule has 2 aliphatic carbocycles. The fraction of sp³-hybridized carbons (Fsp3) is 0.500. The average Bonchev–Trinajstić information content (AvgIpc) is 3.07. The molecule has 4 heteroatoms. The van der Waals surface area contributed by atoms with Crippen molar-refractivity contribution in [2.45, 2.75) is 57.0 Å². The Morgan fingerprint density at radius 1 is 1.35 bits per heavy atom. The molecule has 0 N–H and O–H groups in total. The molecule has 3 nitrogen and oxygen atoms in total. The fourth-order valence-electron chi connectivity index (χ4n) is 5.48. The van der Waals surface area contributed by atoms with Crippen LogP contribution in [0.15, 0.2) is 35.6 Å². The lowest BCUT2D eigenvalue weighted by molar-refractivity contribution is -0.171. The summed E-state index contributed by atoms with van der Waals surface area (Å²) in [7, 11) is 1.75. The molecule has 1 aromatic heterocycles. The highest BCUT2D eigenvalue weighted by molar-refractivity contribution is 7.19. The van der Waals surface area contributed by atoms with Crippen molar-refractivity contribution in [2.24, 2.45) is 5.92 Å². The van der Waals surface area contributed by atoms with Crippen molar-refractivity contribution >= 4 is 27.4 Å². The maximum atomic E-state index is 13.4. The van der Waals surface area contributed by atoms with Gasteiger partial charge in [0.2, 0.25) is 0 Å². The minimum absolute atomic E-state index is 0.0323. The predicted molar refractivity (Wildman–Crippen MR) is 103 cm³/mol. The number of fused-ring (bicyclic) bond motifs is 2. The van der Waals surface area contributed by atoms with Crippen LogP contribution in [0.4, 0.5) is 0 Å². The van der Waals surface area contributed by atoms with E-state index in [4.69, 9.17) is 9.47 Å². The summed E-state index contributed by atoms with van der Waals surface area (Å²) in [6.07, 6.45) is 5.95. The first-order valence-electron chi connectivity index (χ1n) is 9.71. The van der Waals surface area contributed by atoms with E-state index in [0.717, 1.165) is 44.3 Å². The molecule has 0 saturated carbocycles. The lowest BCUT2D eigenvalue weighted by Crippen LogP contribution is -2.56. The van der Waals surface area contributed by atoms with Gasteiger partial charge in [-0.2, -0.15) is 0 Å². The smallest absolute Gasteiger partial charge is 0.321 e. The number of benzene rings is 1. The number of allylic oxidation sites excluding steroid dienone is 1. The highest BCUT2D eigenvalue weighted by Gasteiger charge is 2.63. The van der Waals surface area contributed by atoms with Crippen LogP contribution < -0.4 is 0 Å². The van der Waals surface area contributed by atoms with Crippen LogP contribution in [0.1, 0.15) is 62.0 Å². The molecule has 0 radical (unpaired) electrons. The second-order valence-corrected chi connectivity index (χ2v) is 8.80. The van der Waals surface area contributed by atoms with Crippen LogP contribution in [0.5, 0.6) is 0 Å². The predicted octanol–water partition coefficient (Wildman–Crippen LogP) is 5.64. The van der Waals surface area contributed by atoms with Crippen LogP contribution in [0.3, 0.4) is 0 Å². The highest BCUT2D eigenvalue weighted by Crippen LogP contribution is 2.64. The van der Waals surface area contributed by atoms with Crippen molar-refractivity contribution in [2.75, 3.05) is 7.11 Å². The zero-order chi connectivity index (χ0) is 17.9. The van der Waals surface area contributed by atoms with Crippen molar-refractivity contribution < 1.29 is 14.3 Å². The van der Waals surface area contributed by atoms with Gasteiger partial charge in [0.1, 0.15) is 11.5 Å². The Kier molecular flexibility index (Phi) is 3.68. The van der Waals surface area contributed by atoms with E-state index in [0.29, 0.717) is 5.92 Å². The van der Waals surface area contributed by atoms with Crippen LogP contribution in [-0.4, -0.2) is 13.1 Å². The summed E-state index contributed by atoms with van der Waals surface area (Å²) in [5.74, 6) is 1.33. The molecule has 2 aromatic rings. The summed E-state index contributed by atoms with van der Waals surface area (Å²) in [4.78, 5) is 14.7. The molecule has 0 unspecified atom stereocenters. The maximum Gasteiger partial charge on any atom is 0.321 e. The molecule has 3 heterocycles. The number of carbonyl (C=O) groups excluding carboxylic acids is 1. The van der Waals surface area contributed by atoms with Crippen LogP contribution in [0.25, 0.3) is 10.1 Å². The molecular weight excluding hydrogens is 344 g/mol. The molecule has 136 valence electrons. The topological polar surface area (TPSA) is 35.5 Å². The summed E-state index contributed by atoms with van der Waals surface area (Å²) in [6.45, 7) is 2.20. The maximum absolute atomic E-state index is 13.4. The zero-order valence-electron chi connectivity index (χ0n) is 15.3. The first-order valence-corrected chi connectivity index (χ1v) is 10.5. The largest absolute Gasteiger partial charge is 0.501 e. The van der Waals surface area contributed by atoms with Crippen molar-refractivity contribution in [3.8, 4) is 0 Å². The Morgan fingerprint density at radius 2 is 2.19 bits per heavy atom. The summed E-state index contributed by atoms with van der Waals surface area (Å²) < 4.78 is 13.1. The van der Waals surface area contributed by atoms with Gasteiger partial charge in [0.05, 0.1) is 17.7 Å². The van der Waals surface area contributed by atoms with Gasteiger partial charge < -0.3 is 9.47 Å². The molecular formula is C22H24O3S. The molecule has 0 amide bonds. The molecule has 1 saturated heterocycles. The third kappa shape index (κ3) is 1.91. The van der Waals surface area contributed by atoms with Gasteiger partial charge in [-0.05, 0) is 54.2 Å². The van der Waals surface area contributed by atoms with Crippen molar-refractivity contribution in [1.29, 1.82) is 0 Å². The van der Waals surface area contributed by atoms with Crippen LogP contribution in [0.2, 0.25) is 0 Å². The SMILES string of the molecule is CCCCC1=C(OC)CC[C@@H]2C[C@H]3OC(=O)[C@@]12c1c3sc2ccccc12. The Hall–Kier alpha value is -1.81. The van der Waals surface area contributed by atoms with Gasteiger partial charge in [0.25, 0.3) is 0 Å². The molecule has 2 bridgehead atoms. The highest BCUT2D eigenvalue weighted by atomic mass is 32.1. The fourth-order valence-corrected chi connectivity index (χ4v) is 6.80. The Morgan fingerprint density at radius 3 is 3.00 bits per heavy atom.